The second-order valence-corrected chi connectivity index (χ2v) is 6.54. The van der Waals surface area contributed by atoms with Crippen LogP contribution in [0.5, 0.6) is 0 Å². The zero-order valence-corrected chi connectivity index (χ0v) is 12.1. The summed E-state index contributed by atoms with van der Waals surface area (Å²) in [7, 11) is 0. The Balaban J connectivity index is 1.37. The van der Waals surface area contributed by atoms with E-state index >= 15 is 0 Å². The van der Waals surface area contributed by atoms with Crippen LogP contribution in [0.1, 0.15) is 38.5 Å². The van der Waals surface area contributed by atoms with Gasteiger partial charge >= 0.3 is 0 Å². The molecule has 3 rings (SSSR count). The third kappa shape index (κ3) is 3.69. The third-order valence-electron chi connectivity index (χ3n) is 5.13. The van der Waals surface area contributed by atoms with Gasteiger partial charge in [-0.3, -0.25) is 4.90 Å². The standard InChI is InChI=1S/C15H29N3O/c16-13-3-9-18(10-4-13)14-5-7-17(12-14)8-6-15-2-1-11-19-15/h13-15H,1-12,16H2. The first-order chi connectivity index (χ1) is 9.31. The highest BCUT2D eigenvalue weighted by molar-refractivity contribution is 4.87. The van der Waals surface area contributed by atoms with Gasteiger partial charge in [-0.25, -0.2) is 0 Å². The third-order valence-corrected chi connectivity index (χ3v) is 5.13. The number of likely N-dealkylation sites (tertiary alicyclic amines) is 2. The number of hydrogen-bond acceptors (Lipinski definition) is 4. The largest absolute Gasteiger partial charge is 0.378 e. The van der Waals surface area contributed by atoms with Crippen LogP contribution in [0.25, 0.3) is 0 Å². The minimum absolute atomic E-state index is 0.452. The van der Waals surface area contributed by atoms with Crippen molar-refractivity contribution in [2.45, 2.75) is 56.7 Å². The van der Waals surface area contributed by atoms with Crippen LogP contribution in [0.3, 0.4) is 0 Å². The topological polar surface area (TPSA) is 41.7 Å². The monoisotopic (exact) mass is 267 g/mol. The second kappa shape index (κ2) is 6.53. The Bertz CT molecular complexity index is 273. The summed E-state index contributed by atoms with van der Waals surface area (Å²) >= 11 is 0. The van der Waals surface area contributed by atoms with E-state index in [1.807, 2.05) is 0 Å². The normalized spacial score (nSPS) is 35.2. The lowest BCUT2D eigenvalue weighted by atomic mass is 10.0. The van der Waals surface area contributed by atoms with Gasteiger partial charge in [-0.15, -0.1) is 0 Å². The van der Waals surface area contributed by atoms with Crippen molar-refractivity contribution >= 4 is 0 Å². The molecular weight excluding hydrogens is 238 g/mol. The molecule has 3 saturated heterocycles. The van der Waals surface area contributed by atoms with Gasteiger partial charge in [0.05, 0.1) is 6.10 Å². The molecule has 0 amide bonds. The Morgan fingerprint density at radius 3 is 2.63 bits per heavy atom. The van der Waals surface area contributed by atoms with Gasteiger partial charge in [0.2, 0.25) is 0 Å². The van der Waals surface area contributed by atoms with E-state index in [4.69, 9.17) is 10.5 Å². The van der Waals surface area contributed by atoms with E-state index in [1.54, 1.807) is 0 Å². The molecule has 4 nitrogen and oxygen atoms in total. The van der Waals surface area contributed by atoms with Crippen LogP contribution >= 0.6 is 0 Å². The molecule has 0 aromatic rings. The zero-order chi connectivity index (χ0) is 13.1. The van der Waals surface area contributed by atoms with Crippen LogP contribution in [0, 0.1) is 0 Å². The van der Waals surface area contributed by atoms with Gasteiger partial charge in [0.15, 0.2) is 0 Å². The highest BCUT2D eigenvalue weighted by Crippen LogP contribution is 2.21. The molecule has 110 valence electrons. The molecular formula is C15H29N3O. The summed E-state index contributed by atoms with van der Waals surface area (Å²) in [6.07, 6.45) is 8.05. The maximum absolute atomic E-state index is 5.99. The molecule has 19 heavy (non-hydrogen) atoms. The minimum Gasteiger partial charge on any atom is -0.378 e. The van der Waals surface area contributed by atoms with E-state index in [2.05, 4.69) is 9.80 Å². The van der Waals surface area contributed by atoms with Gasteiger partial charge < -0.3 is 15.4 Å². The van der Waals surface area contributed by atoms with Crippen LogP contribution in [0.15, 0.2) is 0 Å². The number of piperidine rings is 1. The van der Waals surface area contributed by atoms with Crippen molar-refractivity contribution in [3.8, 4) is 0 Å². The average Bonchev–Trinajstić information content (AvgIpc) is 3.09. The minimum atomic E-state index is 0.452. The first-order valence-electron chi connectivity index (χ1n) is 8.15. The van der Waals surface area contributed by atoms with Crippen LogP contribution in [-0.2, 0) is 4.74 Å². The van der Waals surface area contributed by atoms with E-state index in [-0.39, 0.29) is 0 Å². The first-order valence-corrected chi connectivity index (χ1v) is 8.15. The zero-order valence-electron chi connectivity index (χ0n) is 12.1. The van der Waals surface area contributed by atoms with E-state index in [0.29, 0.717) is 12.1 Å². The number of nitrogens with two attached hydrogens (primary N) is 1. The number of rotatable bonds is 4. The van der Waals surface area contributed by atoms with E-state index in [1.165, 1.54) is 71.2 Å². The van der Waals surface area contributed by atoms with E-state index in [9.17, 15) is 0 Å². The molecule has 0 bridgehead atoms. The fraction of sp³-hybridized carbons (Fsp3) is 1.00. The Labute approximate surface area is 117 Å². The summed E-state index contributed by atoms with van der Waals surface area (Å²) in [5.41, 5.74) is 5.99. The van der Waals surface area contributed by atoms with Crippen LogP contribution in [0.2, 0.25) is 0 Å². The van der Waals surface area contributed by atoms with Gasteiger partial charge in [-0.05, 0) is 58.2 Å². The quantitative estimate of drug-likeness (QED) is 0.827. The van der Waals surface area contributed by atoms with Gasteiger partial charge in [0.1, 0.15) is 0 Å². The Morgan fingerprint density at radius 2 is 1.89 bits per heavy atom. The maximum atomic E-state index is 5.99. The summed E-state index contributed by atoms with van der Waals surface area (Å²) in [5, 5.41) is 0. The molecule has 0 saturated carbocycles. The predicted molar refractivity (Wildman–Crippen MR) is 77.2 cm³/mol. The molecule has 4 heteroatoms. The molecule has 0 aromatic carbocycles. The van der Waals surface area contributed by atoms with Gasteiger partial charge in [-0.1, -0.05) is 0 Å². The maximum Gasteiger partial charge on any atom is 0.0588 e. The molecule has 3 heterocycles. The van der Waals surface area contributed by atoms with Gasteiger partial charge in [0.25, 0.3) is 0 Å². The molecule has 2 unspecified atom stereocenters. The second-order valence-electron chi connectivity index (χ2n) is 6.54. The Morgan fingerprint density at radius 1 is 1.05 bits per heavy atom. The molecule has 3 aliphatic rings. The van der Waals surface area contributed by atoms with Gasteiger partial charge in [0, 0.05) is 31.8 Å². The predicted octanol–water partition coefficient (Wildman–Crippen LogP) is 1.05. The highest BCUT2D eigenvalue weighted by Gasteiger charge is 2.30. The molecule has 0 radical (unpaired) electrons. The van der Waals surface area contributed by atoms with Gasteiger partial charge in [-0.2, -0.15) is 0 Å². The molecule has 2 N–H and O–H groups in total. The molecule has 0 aromatic heterocycles. The summed E-state index contributed by atoms with van der Waals surface area (Å²) in [6.45, 7) is 7.19. The number of ether oxygens (including phenoxy) is 1. The van der Waals surface area contributed by atoms with E-state index < -0.39 is 0 Å². The van der Waals surface area contributed by atoms with Crippen molar-refractivity contribution in [2.24, 2.45) is 5.73 Å². The fourth-order valence-corrected chi connectivity index (χ4v) is 3.80. The molecule has 3 aliphatic heterocycles. The van der Waals surface area contributed by atoms with Crippen molar-refractivity contribution in [1.29, 1.82) is 0 Å². The summed E-state index contributed by atoms with van der Waals surface area (Å²) in [5.74, 6) is 0. The van der Waals surface area contributed by atoms with Crippen molar-refractivity contribution in [2.75, 3.05) is 39.3 Å². The lowest BCUT2D eigenvalue weighted by Gasteiger charge is -2.34. The lowest BCUT2D eigenvalue weighted by molar-refractivity contribution is 0.0927. The van der Waals surface area contributed by atoms with Crippen LogP contribution in [-0.4, -0.2) is 67.3 Å². The molecule has 0 spiro atoms. The molecule has 0 aliphatic carbocycles. The summed E-state index contributed by atoms with van der Waals surface area (Å²) in [6, 6.07) is 1.24. The van der Waals surface area contributed by atoms with E-state index in [0.717, 1.165) is 12.6 Å². The van der Waals surface area contributed by atoms with Crippen molar-refractivity contribution in [3.05, 3.63) is 0 Å². The van der Waals surface area contributed by atoms with Crippen molar-refractivity contribution in [1.82, 2.24) is 9.80 Å². The van der Waals surface area contributed by atoms with Crippen molar-refractivity contribution in [3.63, 3.8) is 0 Å². The fourth-order valence-electron chi connectivity index (χ4n) is 3.80. The van der Waals surface area contributed by atoms with Crippen LogP contribution in [0.4, 0.5) is 0 Å². The lowest BCUT2D eigenvalue weighted by Crippen LogP contribution is -2.46. The average molecular weight is 267 g/mol. The number of nitrogens with zero attached hydrogens (tertiary/aromatic N) is 2. The van der Waals surface area contributed by atoms with Crippen molar-refractivity contribution < 1.29 is 4.74 Å². The number of hydrogen-bond donors (Lipinski definition) is 1. The molecule has 3 fully saturated rings. The summed E-state index contributed by atoms with van der Waals surface area (Å²) in [4.78, 5) is 5.32. The highest BCUT2D eigenvalue weighted by atomic mass is 16.5. The Kier molecular flexibility index (Phi) is 4.74. The first kappa shape index (κ1) is 13.8. The summed E-state index contributed by atoms with van der Waals surface area (Å²) < 4.78 is 5.72. The molecule has 2 atom stereocenters. The SMILES string of the molecule is NC1CCN(C2CCN(CCC3CCCO3)C2)CC1. The van der Waals surface area contributed by atoms with Crippen LogP contribution < -0.4 is 5.73 Å². The Hall–Kier alpha value is -0.160. The smallest absolute Gasteiger partial charge is 0.0588 e.